The van der Waals surface area contributed by atoms with Crippen LogP contribution in [0.5, 0.6) is 0 Å². The lowest BCUT2D eigenvalue weighted by Gasteiger charge is -2.09. The second-order valence-corrected chi connectivity index (χ2v) is 2.43. The number of hydrogen-bond acceptors (Lipinski definition) is 3. The van der Waals surface area contributed by atoms with Crippen LogP contribution in [0.2, 0.25) is 0 Å². The first-order valence-electron chi connectivity index (χ1n) is 3.95. The normalized spacial score (nSPS) is 12.6. The van der Waals surface area contributed by atoms with Crippen molar-refractivity contribution in [2.24, 2.45) is 11.5 Å². The molecule has 4 heteroatoms. The van der Waals surface area contributed by atoms with Gasteiger partial charge < -0.3 is 16.8 Å². The number of carbonyl (C=O) groups excluding carboxylic acids is 1. The molecule has 0 aliphatic rings. The molecule has 0 fully saturated rings. The van der Waals surface area contributed by atoms with E-state index in [1.54, 1.807) is 0 Å². The first kappa shape index (κ1) is 10.4. The third-order valence-corrected chi connectivity index (χ3v) is 1.41. The third kappa shape index (κ3) is 4.75. The molecule has 0 spiro atoms. The summed E-state index contributed by atoms with van der Waals surface area (Å²) in [6, 6.07) is -0.390. The van der Waals surface area contributed by atoms with E-state index in [1.807, 2.05) is 6.92 Å². The van der Waals surface area contributed by atoms with Gasteiger partial charge in [0.05, 0.1) is 6.04 Å². The lowest BCUT2D eigenvalue weighted by Crippen LogP contribution is -2.40. The van der Waals surface area contributed by atoms with Crippen molar-refractivity contribution in [1.29, 1.82) is 0 Å². The van der Waals surface area contributed by atoms with Gasteiger partial charge in [0.2, 0.25) is 5.91 Å². The average Bonchev–Trinajstić information content (AvgIpc) is 2.00. The number of amides is 1. The molecule has 11 heavy (non-hydrogen) atoms. The summed E-state index contributed by atoms with van der Waals surface area (Å²) >= 11 is 0. The quantitative estimate of drug-likeness (QED) is 0.490. The van der Waals surface area contributed by atoms with E-state index in [-0.39, 0.29) is 5.91 Å². The van der Waals surface area contributed by atoms with Crippen LogP contribution in [0.3, 0.4) is 0 Å². The Bertz CT molecular complexity index is 116. The molecule has 66 valence electrons. The van der Waals surface area contributed by atoms with Crippen LogP contribution in [-0.2, 0) is 4.79 Å². The van der Waals surface area contributed by atoms with Crippen LogP contribution in [0.25, 0.3) is 0 Å². The number of nitrogens with two attached hydrogens (primary N) is 2. The summed E-state index contributed by atoms with van der Waals surface area (Å²) in [4.78, 5) is 11.0. The number of rotatable bonds is 5. The Morgan fingerprint density at radius 2 is 2.27 bits per heavy atom. The van der Waals surface area contributed by atoms with E-state index in [0.29, 0.717) is 19.5 Å². The summed E-state index contributed by atoms with van der Waals surface area (Å²) in [5.41, 5.74) is 10.8. The maximum Gasteiger partial charge on any atom is 0.236 e. The summed E-state index contributed by atoms with van der Waals surface area (Å²) in [5, 5.41) is 2.65. The molecule has 4 nitrogen and oxygen atoms in total. The molecule has 0 saturated carbocycles. The molecule has 1 amide bonds. The lowest BCUT2D eigenvalue weighted by molar-refractivity contribution is -0.122. The lowest BCUT2D eigenvalue weighted by atomic mass is 10.1. The fourth-order valence-electron chi connectivity index (χ4n) is 0.774. The Morgan fingerprint density at radius 1 is 1.64 bits per heavy atom. The molecule has 0 aliphatic carbocycles. The molecule has 0 saturated heterocycles. The Kier molecular flexibility index (Phi) is 5.78. The molecular weight excluding hydrogens is 142 g/mol. The second kappa shape index (κ2) is 6.12. The van der Waals surface area contributed by atoms with Crippen molar-refractivity contribution in [3.8, 4) is 0 Å². The van der Waals surface area contributed by atoms with E-state index in [9.17, 15) is 4.79 Å². The summed E-state index contributed by atoms with van der Waals surface area (Å²) in [6.07, 6.45) is 1.47. The average molecular weight is 159 g/mol. The molecule has 0 aromatic rings. The van der Waals surface area contributed by atoms with Gasteiger partial charge in [0.25, 0.3) is 0 Å². The van der Waals surface area contributed by atoms with E-state index in [0.717, 1.165) is 6.42 Å². The number of hydrogen-bond donors (Lipinski definition) is 3. The topological polar surface area (TPSA) is 81.1 Å². The maximum atomic E-state index is 11.0. The van der Waals surface area contributed by atoms with Gasteiger partial charge in [-0.05, 0) is 26.3 Å². The molecule has 0 aliphatic heterocycles. The Morgan fingerprint density at radius 3 is 2.73 bits per heavy atom. The van der Waals surface area contributed by atoms with Crippen molar-refractivity contribution in [3.05, 3.63) is 0 Å². The molecule has 0 heterocycles. The van der Waals surface area contributed by atoms with Crippen LogP contribution in [0.1, 0.15) is 19.8 Å². The highest BCUT2D eigenvalue weighted by Gasteiger charge is 2.10. The van der Waals surface area contributed by atoms with Crippen molar-refractivity contribution in [2.75, 3.05) is 13.1 Å². The van der Waals surface area contributed by atoms with Crippen LogP contribution < -0.4 is 16.8 Å². The first-order chi connectivity index (χ1) is 5.22. The van der Waals surface area contributed by atoms with E-state index >= 15 is 0 Å². The molecule has 0 aromatic heterocycles. The van der Waals surface area contributed by atoms with Crippen molar-refractivity contribution in [3.63, 3.8) is 0 Å². The second-order valence-electron chi connectivity index (χ2n) is 2.43. The minimum Gasteiger partial charge on any atom is -0.355 e. The highest BCUT2D eigenvalue weighted by Crippen LogP contribution is 1.91. The highest BCUT2D eigenvalue weighted by molar-refractivity contribution is 5.81. The van der Waals surface area contributed by atoms with Crippen molar-refractivity contribution >= 4 is 5.91 Å². The van der Waals surface area contributed by atoms with Crippen LogP contribution in [0.15, 0.2) is 0 Å². The van der Waals surface area contributed by atoms with Gasteiger partial charge in [-0.1, -0.05) is 0 Å². The van der Waals surface area contributed by atoms with E-state index in [4.69, 9.17) is 11.5 Å². The first-order valence-corrected chi connectivity index (χ1v) is 3.95. The molecule has 0 rings (SSSR count). The number of carbonyl (C=O) groups is 1. The van der Waals surface area contributed by atoms with Gasteiger partial charge in [-0.25, -0.2) is 0 Å². The number of nitrogens with one attached hydrogen (secondary N) is 1. The van der Waals surface area contributed by atoms with E-state index in [2.05, 4.69) is 5.32 Å². The van der Waals surface area contributed by atoms with Crippen LogP contribution in [0.4, 0.5) is 0 Å². The van der Waals surface area contributed by atoms with Gasteiger partial charge in [-0.3, -0.25) is 4.79 Å². The standard InChI is InChI=1S/C7H17N3O/c1-2-10-7(11)6(9)4-3-5-8/h6H,2-5,8-9H2,1H3,(H,10,11)/t6-/m1/s1. The molecular formula is C7H17N3O. The summed E-state index contributed by atoms with van der Waals surface area (Å²) < 4.78 is 0. The highest BCUT2D eigenvalue weighted by atomic mass is 16.2. The molecule has 0 aromatic carbocycles. The van der Waals surface area contributed by atoms with E-state index in [1.165, 1.54) is 0 Å². The minimum atomic E-state index is -0.390. The van der Waals surface area contributed by atoms with Gasteiger partial charge in [0.15, 0.2) is 0 Å². The Labute approximate surface area is 67.3 Å². The van der Waals surface area contributed by atoms with E-state index < -0.39 is 6.04 Å². The van der Waals surface area contributed by atoms with Crippen LogP contribution in [0, 0.1) is 0 Å². The van der Waals surface area contributed by atoms with Crippen molar-refractivity contribution in [1.82, 2.24) is 5.32 Å². The zero-order chi connectivity index (χ0) is 8.69. The van der Waals surface area contributed by atoms with Gasteiger partial charge >= 0.3 is 0 Å². The predicted molar refractivity (Wildman–Crippen MR) is 44.9 cm³/mol. The van der Waals surface area contributed by atoms with Gasteiger partial charge in [0, 0.05) is 6.54 Å². The predicted octanol–water partition coefficient (Wildman–Crippen LogP) is -0.811. The van der Waals surface area contributed by atoms with Crippen LogP contribution >= 0.6 is 0 Å². The van der Waals surface area contributed by atoms with Crippen LogP contribution in [-0.4, -0.2) is 25.0 Å². The minimum absolute atomic E-state index is 0.0825. The molecule has 0 bridgehead atoms. The van der Waals surface area contributed by atoms with Gasteiger partial charge in [-0.2, -0.15) is 0 Å². The fraction of sp³-hybridized carbons (Fsp3) is 0.857. The summed E-state index contributed by atoms with van der Waals surface area (Å²) in [7, 11) is 0. The zero-order valence-corrected chi connectivity index (χ0v) is 6.97. The third-order valence-electron chi connectivity index (χ3n) is 1.41. The number of likely N-dealkylation sites (N-methyl/N-ethyl adjacent to an activating group) is 1. The largest absolute Gasteiger partial charge is 0.355 e. The Balaban J connectivity index is 3.46. The van der Waals surface area contributed by atoms with Crippen molar-refractivity contribution in [2.45, 2.75) is 25.8 Å². The fourth-order valence-corrected chi connectivity index (χ4v) is 0.774. The zero-order valence-electron chi connectivity index (χ0n) is 6.97. The maximum absolute atomic E-state index is 11.0. The monoisotopic (exact) mass is 159 g/mol. The van der Waals surface area contributed by atoms with Gasteiger partial charge in [-0.15, -0.1) is 0 Å². The molecule has 5 N–H and O–H groups in total. The smallest absolute Gasteiger partial charge is 0.236 e. The molecule has 0 radical (unpaired) electrons. The summed E-state index contributed by atoms with van der Waals surface area (Å²) in [6.45, 7) is 3.09. The van der Waals surface area contributed by atoms with Gasteiger partial charge in [0.1, 0.15) is 0 Å². The Hall–Kier alpha value is -0.610. The molecule has 0 unspecified atom stereocenters. The SMILES string of the molecule is CCNC(=O)[C@H](N)CCCN. The molecule has 1 atom stereocenters. The van der Waals surface area contributed by atoms with Crippen molar-refractivity contribution < 1.29 is 4.79 Å². The summed E-state index contributed by atoms with van der Waals surface area (Å²) in [5.74, 6) is -0.0825.